The van der Waals surface area contributed by atoms with Crippen LogP contribution in [0.1, 0.15) is 24.8 Å². The average Bonchev–Trinajstić information content (AvgIpc) is 3.12. The van der Waals surface area contributed by atoms with Gasteiger partial charge >= 0.3 is 0 Å². The fourth-order valence-electron chi connectivity index (χ4n) is 1.65. The Balaban J connectivity index is 2.12. The van der Waals surface area contributed by atoms with Crippen LogP contribution in [0.3, 0.4) is 0 Å². The minimum absolute atomic E-state index is 0.00758. The number of aliphatic hydroxyl groups excluding tert-OH is 1. The molecule has 94 valence electrons. The molecule has 1 saturated carbocycles. The van der Waals surface area contributed by atoms with Crippen molar-refractivity contribution < 1.29 is 9.90 Å². The van der Waals surface area contributed by atoms with Gasteiger partial charge < -0.3 is 10.4 Å². The number of amides is 1. The fraction of sp³-hybridized carbons (Fsp3) is 0.357. The second kappa shape index (κ2) is 5.90. The third kappa shape index (κ3) is 3.76. The first-order valence-corrected chi connectivity index (χ1v) is 6.26. The molecule has 0 radical (unpaired) electrons. The predicted molar refractivity (Wildman–Crippen MR) is 71.4 cm³/mol. The second-order valence-electron chi connectivity index (χ2n) is 4.35. The number of nitrogens with one attached hydrogen (secondary N) is 1. The third-order valence-electron chi connectivity index (χ3n) is 2.73. The van der Waals surface area contributed by atoms with E-state index in [9.17, 15) is 4.79 Å². The number of anilines is 1. The number of rotatable bonds is 3. The molecule has 0 aromatic heterocycles. The van der Waals surface area contributed by atoms with Crippen LogP contribution in [0.4, 0.5) is 5.69 Å². The van der Waals surface area contributed by atoms with E-state index >= 15 is 0 Å². The zero-order valence-corrected chi connectivity index (χ0v) is 10.6. The van der Waals surface area contributed by atoms with Crippen molar-refractivity contribution in [3.05, 3.63) is 28.8 Å². The lowest BCUT2D eigenvalue weighted by Crippen LogP contribution is -2.12. The first-order valence-electron chi connectivity index (χ1n) is 5.88. The SMILES string of the molecule is O=C(CC1CC1)Nc1cc(Cl)ccc1C#CCO. The van der Waals surface area contributed by atoms with Crippen molar-refractivity contribution >= 4 is 23.2 Å². The molecule has 0 saturated heterocycles. The van der Waals surface area contributed by atoms with E-state index in [2.05, 4.69) is 17.2 Å². The molecule has 1 amide bonds. The lowest BCUT2D eigenvalue weighted by Gasteiger charge is -2.07. The number of hydrogen-bond donors (Lipinski definition) is 2. The van der Waals surface area contributed by atoms with Gasteiger partial charge in [-0.25, -0.2) is 0 Å². The Morgan fingerprint density at radius 1 is 1.50 bits per heavy atom. The van der Waals surface area contributed by atoms with Gasteiger partial charge in [0.2, 0.25) is 5.91 Å². The highest BCUT2D eigenvalue weighted by Crippen LogP contribution is 2.32. The molecule has 3 nitrogen and oxygen atoms in total. The van der Waals surface area contributed by atoms with Crippen molar-refractivity contribution in [2.45, 2.75) is 19.3 Å². The van der Waals surface area contributed by atoms with Gasteiger partial charge in [-0.2, -0.15) is 0 Å². The quantitative estimate of drug-likeness (QED) is 0.823. The van der Waals surface area contributed by atoms with Crippen molar-refractivity contribution in [1.29, 1.82) is 0 Å². The zero-order valence-electron chi connectivity index (χ0n) is 9.87. The molecule has 1 aromatic carbocycles. The van der Waals surface area contributed by atoms with Crippen LogP contribution >= 0.6 is 11.6 Å². The smallest absolute Gasteiger partial charge is 0.224 e. The molecule has 0 atom stereocenters. The lowest BCUT2D eigenvalue weighted by molar-refractivity contribution is -0.116. The summed E-state index contributed by atoms with van der Waals surface area (Å²) in [7, 11) is 0. The maximum Gasteiger partial charge on any atom is 0.224 e. The molecule has 1 aromatic rings. The van der Waals surface area contributed by atoms with Gasteiger partial charge in [0, 0.05) is 17.0 Å². The molecule has 0 heterocycles. The van der Waals surface area contributed by atoms with Crippen LogP contribution < -0.4 is 5.32 Å². The molecule has 1 aliphatic carbocycles. The van der Waals surface area contributed by atoms with E-state index in [0.717, 1.165) is 12.8 Å². The van der Waals surface area contributed by atoms with Crippen LogP contribution in [0.2, 0.25) is 5.02 Å². The van der Waals surface area contributed by atoms with Gasteiger partial charge in [-0.1, -0.05) is 23.4 Å². The number of halogens is 1. The molecule has 0 unspecified atom stereocenters. The molecule has 2 N–H and O–H groups in total. The van der Waals surface area contributed by atoms with Crippen LogP contribution in [-0.4, -0.2) is 17.6 Å². The summed E-state index contributed by atoms with van der Waals surface area (Å²) in [5.41, 5.74) is 1.27. The van der Waals surface area contributed by atoms with Gasteiger partial charge in [0.1, 0.15) is 6.61 Å². The van der Waals surface area contributed by atoms with E-state index < -0.39 is 0 Å². The number of aliphatic hydroxyl groups is 1. The van der Waals surface area contributed by atoms with Gasteiger partial charge in [0.15, 0.2) is 0 Å². The van der Waals surface area contributed by atoms with Gasteiger partial charge in [0.25, 0.3) is 0 Å². The minimum atomic E-state index is -0.210. The van der Waals surface area contributed by atoms with Crippen molar-refractivity contribution in [1.82, 2.24) is 0 Å². The van der Waals surface area contributed by atoms with Crippen molar-refractivity contribution in [3.63, 3.8) is 0 Å². The Kier molecular flexibility index (Phi) is 4.24. The Morgan fingerprint density at radius 3 is 2.94 bits per heavy atom. The van der Waals surface area contributed by atoms with E-state index in [1.807, 2.05) is 0 Å². The van der Waals surface area contributed by atoms with Gasteiger partial charge in [0.05, 0.1) is 5.69 Å². The Morgan fingerprint density at radius 2 is 2.28 bits per heavy atom. The molecule has 0 aliphatic heterocycles. The Labute approximate surface area is 111 Å². The van der Waals surface area contributed by atoms with Crippen LogP contribution in [0.15, 0.2) is 18.2 Å². The molecule has 1 fully saturated rings. The highest BCUT2D eigenvalue weighted by atomic mass is 35.5. The summed E-state index contributed by atoms with van der Waals surface area (Å²) in [5.74, 6) is 5.88. The van der Waals surface area contributed by atoms with E-state index in [-0.39, 0.29) is 12.5 Å². The third-order valence-corrected chi connectivity index (χ3v) is 2.96. The summed E-state index contributed by atoms with van der Waals surface area (Å²) in [6.45, 7) is -0.210. The number of benzene rings is 1. The first-order chi connectivity index (χ1) is 8.69. The fourth-order valence-corrected chi connectivity index (χ4v) is 1.82. The first kappa shape index (κ1) is 12.9. The molecular weight excluding hydrogens is 250 g/mol. The lowest BCUT2D eigenvalue weighted by atomic mass is 10.1. The van der Waals surface area contributed by atoms with Crippen LogP contribution in [-0.2, 0) is 4.79 Å². The summed E-state index contributed by atoms with van der Waals surface area (Å²) in [5, 5.41) is 12.1. The summed E-state index contributed by atoms with van der Waals surface area (Å²) in [6.07, 6.45) is 2.83. The normalized spacial score (nSPS) is 13.7. The summed E-state index contributed by atoms with van der Waals surface area (Å²) < 4.78 is 0. The molecule has 0 bridgehead atoms. The second-order valence-corrected chi connectivity index (χ2v) is 4.78. The maximum absolute atomic E-state index is 11.7. The highest BCUT2D eigenvalue weighted by molar-refractivity contribution is 6.31. The maximum atomic E-state index is 11.7. The summed E-state index contributed by atoms with van der Waals surface area (Å²) in [6, 6.07) is 5.12. The van der Waals surface area contributed by atoms with E-state index in [1.54, 1.807) is 18.2 Å². The number of hydrogen-bond acceptors (Lipinski definition) is 2. The molecule has 18 heavy (non-hydrogen) atoms. The van der Waals surface area contributed by atoms with Crippen molar-refractivity contribution in [3.8, 4) is 11.8 Å². The minimum Gasteiger partial charge on any atom is -0.384 e. The molecule has 1 aliphatic rings. The molecule has 0 spiro atoms. The molecule has 2 rings (SSSR count). The van der Waals surface area contributed by atoms with E-state index in [1.165, 1.54) is 0 Å². The summed E-state index contributed by atoms with van der Waals surface area (Å²) in [4.78, 5) is 11.7. The largest absolute Gasteiger partial charge is 0.384 e. The van der Waals surface area contributed by atoms with E-state index in [4.69, 9.17) is 16.7 Å². The molecule has 4 heteroatoms. The van der Waals surface area contributed by atoms with Gasteiger partial charge in [-0.05, 0) is 37.0 Å². The van der Waals surface area contributed by atoms with Crippen LogP contribution in [0, 0.1) is 17.8 Å². The van der Waals surface area contributed by atoms with E-state index in [0.29, 0.717) is 28.6 Å². The van der Waals surface area contributed by atoms with Gasteiger partial charge in [-0.15, -0.1) is 0 Å². The predicted octanol–water partition coefficient (Wildman–Crippen LogP) is 2.42. The highest BCUT2D eigenvalue weighted by Gasteiger charge is 2.24. The topological polar surface area (TPSA) is 49.3 Å². The monoisotopic (exact) mass is 263 g/mol. The van der Waals surface area contributed by atoms with Crippen LogP contribution in [0.25, 0.3) is 0 Å². The number of carbonyl (C=O) groups excluding carboxylic acids is 1. The number of carbonyl (C=O) groups is 1. The van der Waals surface area contributed by atoms with Crippen LogP contribution in [0.5, 0.6) is 0 Å². The summed E-state index contributed by atoms with van der Waals surface area (Å²) >= 11 is 5.90. The zero-order chi connectivity index (χ0) is 13.0. The Bertz CT molecular complexity index is 512. The standard InChI is InChI=1S/C14H14ClNO2/c15-12-6-5-11(2-1-7-17)13(9-12)16-14(18)8-10-3-4-10/h5-6,9-10,17H,3-4,7-8H2,(H,16,18). The average molecular weight is 264 g/mol. The molecular formula is C14H14ClNO2. The van der Waals surface area contributed by atoms with Crippen molar-refractivity contribution in [2.75, 3.05) is 11.9 Å². The Hall–Kier alpha value is -1.50. The van der Waals surface area contributed by atoms with Gasteiger partial charge in [-0.3, -0.25) is 4.79 Å². The van der Waals surface area contributed by atoms with Crippen molar-refractivity contribution in [2.24, 2.45) is 5.92 Å².